The van der Waals surface area contributed by atoms with Crippen molar-refractivity contribution in [1.82, 2.24) is 0 Å². The Hall–Kier alpha value is -2.87. The molecule has 2 rings (SSSR count). The smallest absolute Gasteiger partial charge is 0.338 e. The summed E-state index contributed by atoms with van der Waals surface area (Å²) in [4.78, 5) is 35.4. The summed E-state index contributed by atoms with van der Waals surface area (Å²) in [5.41, 5.74) is 1.54. The number of amides is 1. The van der Waals surface area contributed by atoms with Crippen LogP contribution in [0.15, 0.2) is 47.4 Å². The van der Waals surface area contributed by atoms with Gasteiger partial charge in [0, 0.05) is 11.8 Å². The number of esters is 1. The number of benzene rings is 2. The summed E-state index contributed by atoms with van der Waals surface area (Å²) in [6, 6.07) is 11.6. The Morgan fingerprint density at radius 3 is 2.61 bits per heavy atom. The second kappa shape index (κ2) is 9.89. The lowest BCUT2D eigenvalue weighted by molar-refractivity contribution is -0.387. The Morgan fingerprint density at radius 1 is 1.25 bits per heavy atom. The monoisotopic (exact) mass is 402 g/mol. The molecule has 0 saturated heterocycles. The molecule has 1 atom stereocenters. The molecular formula is C20H22N2O5S. The molecule has 2 aromatic carbocycles. The van der Waals surface area contributed by atoms with Gasteiger partial charge in [-0.2, -0.15) is 0 Å². The fourth-order valence-electron chi connectivity index (χ4n) is 2.62. The quantitative estimate of drug-likeness (QED) is 0.299. The molecule has 0 aromatic heterocycles. The van der Waals surface area contributed by atoms with Crippen LogP contribution in [0.2, 0.25) is 0 Å². The van der Waals surface area contributed by atoms with Crippen molar-refractivity contribution in [1.29, 1.82) is 0 Å². The third kappa shape index (κ3) is 5.32. The molecule has 28 heavy (non-hydrogen) atoms. The van der Waals surface area contributed by atoms with Crippen molar-refractivity contribution in [3.63, 3.8) is 0 Å². The molecular weight excluding hydrogens is 380 g/mol. The van der Waals surface area contributed by atoms with Crippen LogP contribution in [0, 0.1) is 10.1 Å². The Kier molecular flexibility index (Phi) is 7.57. The molecule has 0 aliphatic rings. The zero-order valence-electron chi connectivity index (χ0n) is 15.9. The summed E-state index contributed by atoms with van der Waals surface area (Å²) in [6.07, 6.45) is 2.63. The molecule has 2 aromatic rings. The summed E-state index contributed by atoms with van der Waals surface area (Å²) < 4.78 is 5.02. The van der Waals surface area contributed by atoms with Crippen LogP contribution in [0.25, 0.3) is 0 Å². The molecule has 0 fully saturated rings. The van der Waals surface area contributed by atoms with E-state index in [0.29, 0.717) is 10.6 Å². The molecule has 0 aliphatic carbocycles. The van der Waals surface area contributed by atoms with E-state index < -0.39 is 23.4 Å². The van der Waals surface area contributed by atoms with Crippen LogP contribution in [0.5, 0.6) is 0 Å². The van der Waals surface area contributed by atoms with E-state index in [1.807, 2.05) is 18.2 Å². The van der Waals surface area contributed by atoms with E-state index >= 15 is 0 Å². The van der Waals surface area contributed by atoms with Crippen molar-refractivity contribution in [3.05, 3.63) is 63.7 Å². The van der Waals surface area contributed by atoms with Gasteiger partial charge in [0.2, 0.25) is 0 Å². The second-order valence-corrected chi connectivity index (χ2v) is 7.01. The molecule has 0 unspecified atom stereocenters. The predicted octanol–water partition coefficient (Wildman–Crippen LogP) is 4.63. The summed E-state index contributed by atoms with van der Waals surface area (Å²) in [6.45, 7) is 3.65. The fourth-order valence-corrected chi connectivity index (χ4v) is 3.17. The third-order valence-electron chi connectivity index (χ3n) is 4.32. The molecule has 0 radical (unpaired) electrons. The highest BCUT2D eigenvalue weighted by molar-refractivity contribution is 7.98. The molecule has 8 heteroatoms. The van der Waals surface area contributed by atoms with Gasteiger partial charge in [0.15, 0.2) is 6.61 Å². The van der Waals surface area contributed by atoms with Crippen molar-refractivity contribution >= 4 is 35.0 Å². The highest BCUT2D eigenvalue weighted by atomic mass is 32.2. The first-order valence-corrected chi connectivity index (χ1v) is 9.98. The standard InChI is InChI=1S/C20H22N2O5S/c1-4-13(2)15-7-5-6-8-16(15)21-19(23)12-27-20(24)14-9-10-18(28-3)17(11-14)22(25)26/h5-11,13H,4,12H2,1-3H3,(H,21,23)/t13-/m0/s1. The predicted molar refractivity (Wildman–Crippen MR) is 109 cm³/mol. The number of rotatable bonds is 8. The summed E-state index contributed by atoms with van der Waals surface area (Å²) >= 11 is 1.21. The van der Waals surface area contributed by atoms with E-state index in [1.54, 1.807) is 12.3 Å². The van der Waals surface area contributed by atoms with Gasteiger partial charge in [-0.1, -0.05) is 32.0 Å². The number of carbonyl (C=O) groups is 2. The first-order valence-electron chi connectivity index (χ1n) is 8.75. The second-order valence-electron chi connectivity index (χ2n) is 6.16. The SMILES string of the molecule is CC[C@H](C)c1ccccc1NC(=O)COC(=O)c1ccc(SC)c([N+](=O)[O-])c1. The lowest BCUT2D eigenvalue weighted by Gasteiger charge is -2.15. The fraction of sp³-hybridized carbons (Fsp3) is 0.300. The van der Waals surface area contributed by atoms with Crippen LogP contribution in [0.1, 0.15) is 42.1 Å². The number of ether oxygens (including phenoxy) is 1. The van der Waals surface area contributed by atoms with Crippen molar-refractivity contribution in [2.75, 3.05) is 18.2 Å². The lowest BCUT2D eigenvalue weighted by Crippen LogP contribution is -2.21. The number of para-hydroxylation sites is 1. The number of anilines is 1. The van der Waals surface area contributed by atoms with Gasteiger partial charge in [-0.05, 0) is 42.4 Å². The molecule has 1 N–H and O–H groups in total. The molecule has 0 spiro atoms. The topological polar surface area (TPSA) is 98.5 Å². The van der Waals surface area contributed by atoms with E-state index in [9.17, 15) is 19.7 Å². The molecule has 0 bridgehead atoms. The highest BCUT2D eigenvalue weighted by Gasteiger charge is 2.19. The maximum absolute atomic E-state index is 12.2. The van der Waals surface area contributed by atoms with E-state index in [1.165, 1.54) is 23.9 Å². The van der Waals surface area contributed by atoms with E-state index in [-0.39, 0.29) is 17.2 Å². The Labute approximate surface area is 167 Å². The molecule has 7 nitrogen and oxygen atoms in total. The van der Waals surface area contributed by atoms with Gasteiger partial charge in [-0.3, -0.25) is 14.9 Å². The third-order valence-corrected chi connectivity index (χ3v) is 5.11. The summed E-state index contributed by atoms with van der Waals surface area (Å²) in [5.74, 6) is -0.991. The van der Waals surface area contributed by atoms with Gasteiger partial charge in [-0.15, -0.1) is 11.8 Å². The zero-order valence-corrected chi connectivity index (χ0v) is 16.7. The average Bonchev–Trinajstić information content (AvgIpc) is 2.71. The Morgan fingerprint density at radius 2 is 1.96 bits per heavy atom. The first-order chi connectivity index (χ1) is 13.4. The number of nitro groups is 1. The van der Waals surface area contributed by atoms with Gasteiger partial charge >= 0.3 is 5.97 Å². The van der Waals surface area contributed by atoms with E-state index in [0.717, 1.165) is 18.1 Å². The van der Waals surface area contributed by atoms with Crippen LogP contribution >= 0.6 is 11.8 Å². The molecule has 0 aliphatic heterocycles. The lowest BCUT2D eigenvalue weighted by atomic mass is 9.97. The normalized spacial score (nSPS) is 11.5. The van der Waals surface area contributed by atoms with Gasteiger partial charge in [0.25, 0.3) is 11.6 Å². The zero-order chi connectivity index (χ0) is 20.7. The number of nitrogens with zero attached hydrogens (tertiary/aromatic N) is 1. The van der Waals surface area contributed by atoms with Gasteiger partial charge in [0.05, 0.1) is 15.4 Å². The largest absolute Gasteiger partial charge is 0.452 e. The van der Waals surface area contributed by atoms with Crippen molar-refractivity contribution in [3.8, 4) is 0 Å². The maximum Gasteiger partial charge on any atom is 0.338 e. The van der Waals surface area contributed by atoms with Crippen molar-refractivity contribution in [2.24, 2.45) is 0 Å². The minimum atomic E-state index is -0.791. The number of hydrogen-bond donors (Lipinski definition) is 1. The number of hydrogen-bond acceptors (Lipinski definition) is 6. The minimum absolute atomic E-state index is 0.0253. The van der Waals surface area contributed by atoms with Crippen LogP contribution in [-0.4, -0.2) is 29.7 Å². The van der Waals surface area contributed by atoms with E-state index in [4.69, 9.17) is 4.74 Å². The van der Waals surface area contributed by atoms with Crippen LogP contribution in [0.3, 0.4) is 0 Å². The van der Waals surface area contributed by atoms with Gasteiger partial charge in [-0.25, -0.2) is 4.79 Å². The van der Waals surface area contributed by atoms with Crippen LogP contribution < -0.4 is 5.32 Å². The van der Waals surface area contributed by atoms with Crippen LogP contribution in [-0.2, 0) is 9.53 Å². The minimum Gasteiger partial charge on any atom is -0.452 e. The number of nitro benzene ring substituents is 1. The number of nitrogens with one attached hydrogen (secondary N) is 1. The number of thioether (sulfide) groups is 1. The van der Waals surface area contributed by atoms with Crippen LogP contribution in [0.4, 0.5) is 11.4 Å². The van der Waals surface area contributed by atoms with Crippen molar-refractivity contribution in [2.45, 2.75) is 31.1 Å². The highest BCUT2D eigenvalue weighted by Crippen LogP contribution is 2.29. The molecule has 0 saturated carbocycles. The first kappa shape index (κ1) is 21.4. The Balaban J connectivity index is 2.03. The van der Waals surface area contributed by atoms with Gasteiger partial charge < -0.3 is 10.1 Å². The molecule has 0 heterocycles. The van der Waals surface area contributed by atoms with Crippen molar-refractivity contribution < 1.29 is 19.2 Å². The maximum atomic E-state index is 12.2. The summed E-state index contributed by atoms with van der Waals surface area (Å²) in [7, 11) is 0. The number of carbonyl (C=O) groups excluding carboxylic acids is 2. The Bertz CT molecular complexity index is 885. The van der Waals surface area contributed by atoms with E-state index in [2.05, 4.69) is 19.2 Å². The summed E-state index contributed by atoms with van der Waals surface area (Å²) in [5, 5.41) is 13.9. The molecule has 148 valence electrons. The average molecular weight is 402 g/mol. The van der Waals surface area contributed by atoms with Gasteiger partial charge in [0.1, 0.15) is 0 Å². The molecule has 1 amide bonds.